The quantitative estimate of drug-likeness (QED) is 0.616. The minimum atomic E-state index is -0.0905. The summed E-state index contributed by atoms with van der Waals surface area (Å²) in [6.07, 6.45) is 0. The summed E-state index contributed by atoms with van der Waals surface area (Å²) in [4.78, 5) is 17.0. The van der Waals surface area contributed by atoms with Crippen molar-refractivity contribution in [3.05, 3.63) is 63.5 Å². The number of para-hydroxylation sites is 1. The van der Waals surface area contributed by atoms with Gasteiger partial charge in [-0.1, -0.05) is 47.5 Å². The number of nitrogens with one attached hydrogen (secondary N) is 1. The lowest BCUT2D eigenvalue weighted by Crippen LogP contribution is -2.48. The number of benzene rings is 2. The van der Waals surface area contributed by atoms with Crippen molar-refractivity contribution in [2.75, 3.05) is 38.0 Å². The highest BCUT2D eigenvalue weighted by Crippen LogP contribution is 2.30. The smallest absolute Gasteiger partial charge is 0.238 e. The van der Waals surface area contributed by atoms with Gasteiger partial charge in [-0.2, -0.15) is 0 Å². The largest absolute Gasteiger partial charge is 0.322 e. The summed E-state index contributed by atoms with van der Waals surface area (Å²) in [5.41, 5.74) is 1.87. The van der Waals surface area contributed by atoms with Gasteiger partial charge >= 0.3 is 0 Å². The number of amides is 1. The first-order valence-corrected chi connectivity index (χ1v) is 10.9. The zero-order valence-corrected chi connectivity index (χ0v) is 17.7. The van der Waals surface area contributed by atoms with Crippen LogP contribution in [0.3, 0.4) is 0 Å². The number of nitrogens with zero attached hydrogens (tertiary/aromatic N) is 2. The van der Waals surface area contributed by atoms with Crippen LogP contribution in [0.1, 0.15) is 5.56 Å². The van der Waals surface area contributed by atoms with Crippen molar-refractivity contribution in [2.45, 2.75) is 6.54 Å². The molecule has 1 aliphatic rings. The van der Waals surface area contributed by atoms with Gasteiger partial charge in [0.05, 0.1) is 22.3 Å². The molecule has 1 N–H and O–H groups in total. The second kappa shape index (κ2) is 8.80. The van der Waals surface area contributed by atoms with E-state index in [1.807, 2.05) is 0 Å². The maximum atomic E-state index is 12.4. The van der Waals surface area contributed by atoms with Crippen LogP contribution in [0, 0.1) is 0 Å². The molecule has 7 heteroatoms. The van der Waals surface area contributed by atoms with Crippen molar-refractivity contribution in [3.63, 3.8) is 0 Å². The molecule has 1 saturated heterocycles. The monoisotopic (exact) mass is 433 g/mol. The Morgan fingerprint density at radius 1 is 0.964 bits per heavy atom. The first kappa shape index (κ1) is 19.7. The highest BCUT2D eigenvalue weighted by Gasteiger charge is 2.20. The predicted molar refractivity (Wildman–Crippen MR) is 119 cm³/mol. The minimum absolute atomic E-state index is 0.0905. The number of carbonyl (C=O) groups is 1. The molecule has 28 heavy (non-hydrogen) atoms. The van der Waals surface area contributed by atoms with Gasteiger partial charge in [0.2, 0.25) is 5.91 Å². The number of halogens is 2. The molecular formula is C21H21Cl2N3OS. The molecule has 0 atom stereocenters. The van der Waals surface area contributed by atoms with E-state index < -0.39 is 0 Å². The number of piperazine rings is 1. The first-order chi connectivity index (χ1) is 13.6. The van der Waals surface area contributed by atoms with Crippen molar-refractivity contribution in [1.82, 2.24) is 9.80 Å². The number of rotatable bonds is 5. The van der Waals surface area contributed by atoms with Crippen LogP contribution in [-0.4, -0.2) is 48.4 Å². The van der Waals surface area contributed by atoms with E-state index in [1.165, 1.54) is 15.6 Å². The maximum Gasteiger partial charge on any atom is 0.238 e. The average molecular weight is 434 g/mol. The van der Waals surface area contributed by atoms with Crippen LogP contribution in [0.2, 0.25) is 10.0 Å². The molecule has 0 saturated carbocycles. The van der Waals surface area contributed by atoms with E-state index in [4.69, 9.17) is 23.2 Å². The van der Waals surface area contributed by atoms with Crippen LogP contribution < -0.4 is 5.32 Å². The molecule has 0 bridgehead atoms. The fourth-order valence-corrected chi connectivity index (χ4v) is 4.95. The number of anilines is 1. The fraction of sp³-hybridized carbons (Fsp3) is 0.286. The Morgan fingerprint density at radius 2 is 1.64 bits per heavy atom. The summed E-state index contributed by atoms with van der Waals surface area (Å²) in [7, 11) is 0. The highest BCUT2D eigenvalue weighted by molar-refractivity contribution is 7.17. The Labute approximate surface area is 178 Å². The molecule has 2 aromatic carbocycles. The van der Waals surface area contributed by atoms with Gasteiger partial charge in [0.15, 0.2) is 0 Å². The lowest BCUT2D eigenvalue weighted by Gasteiger charge is -2.34. The summed E-state index contributed by atoms with van der Waals surface area (Å²) >= 11 is 14.1. The summed E-state index contributed by atoms with van der Waals surface area (Å²) in [5.74, 6) is -0.0905. The van der Waals surface area contributed by atoms with Gasteiger partial charge < -0.3 is 5.32 Å². The standard InChI is InChI=1S/C21H21Cl2N3OS/c22-17-5-3-6-18(23)21(17)24-20(27)13-26-10-8-25(9-11-26)12-15-14-28-19-7-2-1-4-16(15)19/h1-7,14H,8-13H2,(H,24,27). The van der Waals surface area contributed by atoms with E-state index in [2.05, 4.69) is 44.8 Å². The fourth-order valence-electron chi connectivity index (χ4n) is 3.50. The third-order valence-corrected chi connectivity index (χ3v) is 6.66. The lowest BCUT2D eigenvalue weighted by molar-refractivity contribution is -0.117. The van der Waals surface area contributed by atoms with E-state index in [0.29, 0.717) is 22.3 Å². The highest BCUT2D eigenvalue weighted by atomic mass is 35.5. The summed E-state index contributed by atoms with van der Waals surface area (Å²) in [6, 6.07) is 13.7. The topological polar surface area (TPSA) is 35.6 Å². The molecule has 1 aromatic heterocycles. The van der Waals surface area contributed by atoms with Crippen molar-refractivity contribution in [2.24, 2.45) is 0 Å². The number of hydrogen-bond donors (Lipinski definition) is 1. The number of hydrogen-bond acceptors (Lipinski definition) is 4. The number of thiophene rings is 1. The molecular weight excluding hydrogens is 413 g/mol. The molecule has 1 fully saturated rings. The Hall–Kier alpha value is -1.63. The molecule has 1 amide bonds. The van der Waals surface area contributed by atoms with Crippen LogP contribution in [0.4, 0.5) is 5.69 Å². The normalized spacial score (nSPS) is 15.8. The molecule has 4 nitrogen and oxygen atoms in total. The van der Waals surface area contributed by atoms with Gasteiger partial charge in [-0.25, -0.2) is 0 Å². The SMILES string of the molecule is O=C(CN1CCN(Cc2csc3ccccc23)CC1)Nc1c(Cl)cccc1Cl. The van der Waals surface area contributed by atoms with Gasteiger partial charge in [0.25, 0.3) is 0 Å². The number of carbonyl (C=O) groups excluding carboxylic acids is 1. The summed E-state index contributed by atoms with van der Waals surface area (Å²) < 4.78 is 1.34. The van der Waals surface area contributed by atoms with Gasteiger partial charge in [-0.05, 0) is 34.5 Å². The third kappa shape index (κ3) is 4.50. The molecule has 146 valence electrons. The van der Waals surface area contributed by atoms with E-state index in [1.54, 1.807) is 29.5 Å². The molecule has 0 unspecified atom stereocenters. The van der Waals surface area contributed by atoms with E-state index >= 15 is 0 Å². The van der Waals surface area contributed by atoms with Crippen LogP contribution in [0.5, 0.6) is 0 Å². The zero-order valence-electron chi connectivity index (χ0n) is 15.3. The number of fused-ring (bicyclic) bond motifs is 1. The van der Waals surface area contributed by atoms with Crippen molar-refractivity contribution < 1.29 is 4.79 Å². The molecule has 1 aliphatic heterocycles. The predicted octanol–water partition coefficient (Wildman–Crippen LogP) is 4.96. The average Bonchev–Trinajstić information content (AvgIpc) is 3.09. The summed E-state index contributed by atoms with van der Waals surface area (Å²) in [6.45, 7) is 4.93. The molecule has 0 spiro atoms. The third-order valence-electron chi connectivity index (χ3n) is 5.01. The molecule has 0 aliphatic carbocycles. The van der Waals surface area contributed by atoms with Crippen molar-refractivity contribution >= 4 is 56.2 Å². The molecule has 4 rings (SSSR count). The maximum absolute atomic E-state index is 12.4. The second-order valence-electron chi connectivity index (χ2n) is 6.95. The second-order valence-corrected chi connectivity index (χ2v) is 8.68. The van der Waals surface area contributed by atoms with Gasteiger partial charge in [-0.15, -0.1) is 11.3 Å². The zero-order chi connectivity index (χ0) is 19.5. The van der Waals surface area contributed by atoms with Crippen LogP contribution in [0.25, 0.3) is 10.1 Å². The Morgan fingerprint density at radius 3 is 2.39 bits per heavy atom. The Bertz CT molecular complexity index is 962. The molecule has 3 aromatic rings. The van der Waals surface area contributed by atoms with Crippen LogP contribution in [-0.2, 0) is 11.3 Å². The molecule has 0 radical (unpaired) electrons. The van der Waals surface area contributed by atoms with Crippen molar-refractivity contribution in [3.8, 4) is 0 Å². The van der Waals surface area contributed by atoms with E-state index in [9.17, 15) is 4.79 Å². The van der Waals surface area contributed by atoms with Crippen LogP contribution in [0.15, 0.2) is 47.8 Å². The van der Waals surface area contributed by atoms with Gasteiger partial charge in [0, 0.05) is 37.4 Å². The Kier molecular flexibility index (Phi) is 6.19. The lowest BCUT2D eigenvalue weighted by atomic mass is 10.1. The molecule has 2 heterocycles. The van der Waals surface area contributed by atoms with Crippen LogP contribution >= 0.6 is 34.5 Å². The summed E-state index contributed by atoms with van der Waals surface area (Å²) in [5, 5.41) is 7.36. The minimum Gasteiger partial charge on any atom is -0.322 e. The first-order valence-electron chi connectivity index (χ1n) is 9.24. The van der Waals surface area contributed by atoms with Gasteiger partial charge in [-0.3, -0.25) is 14.6 Å². The van der Waals surface area contributed by atoms with Gasteiger partial charge in [0.1, 0.15) is 0 Å². The van der Waals surface area contributed by atoms with E-state index in [0.717, 1.165) is 32.7 Å². The van der Waals surface area contributed by atoms with Crippen molar-refractivity contribution in [1.29, 1.82) is 0 Å². The van der Waals surface area contributed by atoms with E-state index in [-0.39, 0.29) is 5.91 Å². The Balaban J connectivity index is 1.29.